The first kappa shape index (κ1) is 62.0. The van der Waals surface area contributed by atoms with E-state index < -0.39 is 164 Å². The van der Waals surface area contributed by atoms with Crippen molar-refractivity contribution in [1.82, 2.24) is 0 Å². The van der Waals surface area contributed by atoms with Crippen LogP contribution in [0, 0.1) is 57.2 Å². The van der Waals surface area contributed by atoms with Crippen molar-refractivity contribution in [2.75, 3.05) is 19.8 Å². The molecule has 0 unspecified atom stereocenters. The molecule has 8 aliphatic rings. The number of rotatable bonds is 16. The fraction of sp³-hybridized carbons (Fsp3) is 0.964. The van der Waals surface area contributed by atoms with E-state index in [2.05, 4.69) is 47.6 Å². The van der Waals surface area contributed by atoms with Crippen molar-refractivity contribution in [3.05, 3.63) is 11.6 Å². The number of hydrogen-bond acceptors (Lipinski definition) is 21. The summed E-state index contributed by atoms with van der Waals surface area (Å²) in [5.41, 5.74) is -1.71. The molecule has 0 spiro atoms. The maximum atomic E-state index is 12.7. The molecule has 0 amide bonds. The largest absolute Gasteiger partial charge is 0.396 e. The number of aliphatic hydroxyl groups excluding tert-OH is 13. The van der Waals surface area contributed by atoms with Crippen LogP contribution in [0.1, 0.15) is 127 Å². The highest BCUT2D eigenvalue weighted by Gasteiger charge is 2.70. The second-order valence-corrected chi connectivity index (χ2v) is 26.7. The molecule has 3 saturated heterocycles. The van der Waals surface area contributed by atoms with Crippen LogP contribution in [0.25, 0.3) is 0 Å². The number of fused-ring (bicyclic) bond motifs is 5. The van der Waals surface area contributed by atoms with Crippen LogP contribution in [-0.4, -0.2) is 226 Å². The molecule has 446 valence electrons. The summed E-state index contributed by atoms with van der Waals surface area (Å²) in [7, 11) is 0. The van der Waals surface area contributed by atoms with Gasteiger partial charge in [-0.3, -0.25) is 0 Å². The van der Waals surface area contributed by atoms with E-state index in [1.807, 2.05) is 0 Å². The highest BCUT2D eigenvalue weighted by atomic mass is 16.8. The average molecular weight is 1110 g/mol. The molecule has 5 aliphatic carbocycles. The van der Waals surface area contributed by atoms with Crippen molar-refractivity contribution < 1.29 is 105 Å². The fourth-order valence-electron chi connectivity index (χ4n) is 16.2. The summed E-state index contributed by atoms with van der Waals surface area (Å²) in [5.74, 6) is -0.614. The number of allylic oxidation sites excluding steroid dienone is 1. The first-order valence-electron chi connectivity index (χ1n) is 28.6. The van der Waals surface area contributed by atoms with Crippen molar-refractivity contribution in [2.24, 2.45) is 57.2 Å². The van der Waals surface area contributed by atoms with Crippen LogP contribution < -0.4 is 0 Å². The van der Waals surface area contributed by atoms with Gasteiger partial charge in [0.2, 0.25) is 0 Å². The van der Waals surface area contributed by atoms with Crippen molar-refractivity contribution in [3.8, 4) is 0 Å². The van der Waals surface area contributed by atoms with Crippen molar-refractivity contribution in [3.63, 3.8) is 0 Å². The van der Waals surface area contributed by atoms with Crippen LogP contribution >= 0.6 is 0 Å². The van der Waals surface area contributed by atoms with Gasteiger partial charge in [0.1, 0.15) is 67.1 Å². The molecule has 21 heteroatoms. The minimum Gasteiger partial charge on any atom is -0.396 e. The van der Waals surface area contributed by atoms with Crippen LogP contribution in [0.4, 0.5) is 0 Å². The summed E-state index contributed by atoms with van der Waals surface area (Å²) >= 11 is 0. The Labute approximate surface area is 453 Å². The topological polar surface area (TPSA) is 348 Å². The molecular formula is C56H96O21. The number of aliphatic hydroxyl groups is 14. The molecule has 0 bridgehead atoms. The summed E-state index contributed by atoms with van der Waals surface area (Å²) in [5, 5.41) is 153. The normalized spacial score (nSPS) is 51.9. The molecule has 0 aromatic heterocycles. The van der Waals surface area contributed by atoms with Crippen LogP contribution in [0.3, 0.4) is 0 Å². The molecule has 3 aliphatic heterocycles. The minimum atomic E-state index is -1.88. The van der Waals surface area contributed by atoms with Crippen LogP contribution in [0.5, 0.6) is 0 Å². The van der Waals surface area contributed by atoms with E-state index in [1.54, 1.807) is 27.7 Å². The minimum absolute atomic E-state index is 0.0534. The lowest BCUT2D eigenvalue weighted by Gasteiger charge is -2.67. The second kappa shape index (κ2) is 23.2. The Morgan fingerprint density at radius 2 is 1.31 bits per heavy atom. The van der Waals surface area contributed by atoms with E-state index in [0.717, 1.165) is 25.7 Å². The zero-order valence-corrected chi connectivity index (χ0v) is 46.8. The van der Waals surface area contributed by atoms with Crippen LogP contribution in [0.15, 0.2) is 11.6 Å². The Bertz CT molecular complexity index is 2000. The van der Waals surface area contributed by atoms with E-state index in [4.69, 9.17) is 33.2 Å². The lowest BCUT2D eigenvalue weighted by Crippen LogP contribution is -2.65. The van der Waals surface area contributed by atoms with E-state index in [1.165, 1.54) is 5.57 Å². The molecule has 4 saturated carbocycles. The van der Waals surface area contributed by atoms with Crippen molar-refractivity contribution >= 4 is 0 Å². The molecule has 21 nitrogen and oxygen atoms in total. The van der Waals surface area contributed by atoms with Crippen molar-refractivity contribution in [1.29, 1.82) is 0 Å². The first-order chi connectivity index (χ1) is 35.9. The number of ether oxygens (including phenoxy) is 7. The van der Waals surface area contributed by atoms with E-state index in [0.29, 0.717) is 19.3 Å². The van der Waals surface area contributed by atoms with Crippen molar-refractivity contribution in [2.45, 2.75) is 261 Å². The molecular weight excluding hydrogens is 1010 g/mol. The number of hydrogen-bond donors (Lipinski definition) is 14. The Balaban J connectivity index is 0.985. The summed E-state index contributed by atoms with van der Waals surface area (Å²) in [6.45, 7) is 18.5. The molecule has 8 rings (SSSR count). The molecule has 0 radical (unpaired) electrons. The van der Waals surface area contributed by atoms with Gasteiger partial charge in [-0.05, 0) is 113 Å². The molecule has 14 N–H and O–H groups in total. The lowest BCUT2D eigenvalue weighted by molar-refractivity contribution is -0.379. The standard InChI is InChI=1S/C56H96O21/c1-24(28-17-18-54(8)34-14-12-29-30(56(34,10)35(59)20-55(28,54)9)13-16-36(52(29,4)5)73-31-19-27(21-57)39(61)43(65)40(31)62)11-15-37(53(6,7)70)76-51-48(77-50-47(69)44(66)41(63)32(22-58)74-50)45(67)42(64)33(75-51)23-71-49-46(68)38(60)25(2)26(3)72-49/h12,24-28,30-51,57-70H,11,13-23H2,1-10H3/t24-,25+,26+,27-,28-,30-,31-,32-,33-,34+,35-,36+,37-,38-,39-,40+,41-,42-,43+,44+,45+,46-,47-,48-,49-,50+,51+,54+,55-,56+/m1/s1. The predicted octanol–water partition coefficient (Wildman–Crippen LogP) is -0.265. The maximum absolute atomic E-state index is 12.7. The fourth-order valence-corrected chi connectivity index (χ4v) is 16.2. The summed E-state index contributed by atoms with van der Waals surface area (Å²) in [6, 6.07) is 0. The third-order valence-corrected chi connectivity index (χ3v) is 21.7. The quantitative estimate of drug-likeness (QED) is 0.0885. The molecule has 30 atom stereocenters. The SMILES string of the molecule is C[C@@H]1[C@@H](O)[C@@H](O)[C@H](OC[C@H]2O[C@@H](O[C@H](CC[C@@H](C)[C@H]3CC[C@@]4(C)[C@@H]5CC=C6[C@@H](CC[C@H](O[C@@H]7C[C@H](CO)[C@@H](O)[C@H](O)[C@H]7O)C6(C)C)[C@]5(C)[C@H](O)C[C@]34C)C(C)(C)O)[C@H](O[C@@H]3O[C@H](CO)[C@@H](O)[C@H](O)[C@H]3O)[C@@H](O)[C@@H]2O)O[C@H]1C. The van der Waals surface area contributed by atoms with Gasteiger partial charge in [-0.15, -0.1) is 0 Å². The summed E-state index contributed by atoms with van der Waals surface area (Å²) in [4.78, 5) is 0. The molecule has 0 aromatic rings. The molecule has 7 fully saturated rings. The first-order valence-corrected chi connectivity index (χ1v) is 28.6. The van der Waals surface area contributed by atoms with Gasteiger partial charge in [-0.25, -0.2) is 0 Å². The van der Waals surface area contributed by atoms with Gasteiger partial charge < -0.3 is 105 Å². The Morgan fingerprint density at radius 1 is 0.675 bits per heavy atom. The van der Waals surface area contributed by atoms with E-state index >= 15 is 0 Å². The summed E-state index contributed by atoms with van der Waals surface area (Å²) < 4.78 is 42.9. The Hall–Kier alpha value is -1.10. The maximum Gasteiger partial charge on any atom is 0.187 e. The average Bonchev–Trinajstić information content (AvgIpc) is 3.92. The third kappa shape index (κ3) is 10.9. The van der Waals surface area contributed by atoms with Gasteiger partial charge in [0.15, 0.2) is 18.9 Å². The zero-order valence-electron chi connectivity index (χ0n) is 46.8. The Morgan fingerprint density at radius 3 is 1.96 bits per heavy atom. The Kier molecular flexibility index (Phi) is 18.6. The highest BCUT2D eigenvalue weighted by Crippen LogP contribution is 2.75. The molecule has 0 aromatic carbocycles. The van der Waals surface area contributed by atoms with Gasteiger partial charge >= 0.3 is 0 Å². The third-order valence-electron chi connectivity index (χ3n) is 21.7. The van der Waals surface area contributed by atoms with Crippen LogP contribution in [0.2, 0.25) is 0 Å². The predicted molar refractivity (Wildman–Crippen MR) is 273 cm³/mol. The highest BCUT2D eigenvalue weighted by molar-refractivity contribution is 5.32. The van der Waals surface area contributed by atoms with Gasteiger partial charge in [0, 0.05) is 29.3 Å². The second-order valence-electron chi connectivity index (χ2n) is 26.7. The van der Waals surface area contributed by atoms with Gasteiger partial charge in [0.25, 0.3) is 0 Å². The van der Waals surface area contributed by atoms with Gasteiger partial charge in [-0.1, -0.05) is 60.1 Å². The molecule has 3 heterocycles. The lowest BCUT2D eigenvalue weighted by atomic mass is 9.38. The smallest absolute Gasteiger partial charge is 0.187 e. The molecule has 77 heavy (non-hydrogen) atoms. The zero-order chi connectivity index (χ0) is 56.8. The van der Waals surface area contributed by atoms with E-state index in [9.17, 15) is 71.5 Å². The summed E-state index contributed by atoms with van der Waals surface area (Å²) in [6.07, 6.45) is -19.9. The van der Waals surface area contributed by atoms with Crippen LogP contribution in [-0.2, 0) is 33.2 Å². The monoisotopic (exact) mass is 1100 g/mol. The van der Waals surface area contributed by atoms with Gasteiger partial charge in [-0.2, -0.15) is 0 Å². The van der Waals surface area contributed by atoms with Gasteiger partial charge in [0.05, 0.1) is 61.5 Å². The van der Waals surface area contributed by atoms with E-state index in [-0.39, 0.29) is 60.1 Å².